The summed E-state index contributed by atoms with van der Waals surface area (Å²) in [7, 11) is 2.05. The third-order valence-electron chi connectivity index (χ3n) is 7.07. The van der Waals surface area contributed by atoms with E-state index >= 15 is 0 Å². The van der Waals surface area contributed by atoms with Crippen LogP contribution in [-0.4, -0.2) is 17.0 Å². The molecule has 0 saturated carbocycles. The van der Waals surface area contributed by atoms with E-state index in [4.69, 9.17) is 9.97 Å². The van der Waals surface area contributed by atoms with Crippen molar-refractivity contribution in [3.8, 4) is 22.5 Å². The highest BCUT2D eigenvalue weighted by Crippen LogP contribution is 2.36. The summed E-state index contributed by atoms with van der Waals surface area (Å²) in [5.41, 5.74) is 10.6. The molecule has 0 aliphatic rings. The second-order valence-electron chi connectivity index (χ2n) is 9.78. The zero-order valence-corrected chi connectivity index (χ0v) is 22.6. The highest BCUT2D eigenvalue weighted by Gasteiger charge is 2.14. The van der Waals surface area contributed by atoms with E-state index in [2.05, 4.69) is 114 Å². The highest BCUT2D eigenvalue weighted by atomic mass is 15.1. The molecule has 6 rings (SSSR count). The third-order valence-corrected chi connectivity index (χ3v) is 7.07. The van der Waals surface area contributed by atoms with E-state index in [1.54, 1.807) is 0 Å². The highest BCUT2D eigenvalue weighted by molar-refractivity contribution is 5.78. The van der Waals surface area contributed by atoms with Crippen LogP contribution in [0, 0.1) is 6.92 Å². The minimum Gasteiger partial charge on any atom is -0.343 e. The Hall–Kier alpha value is -5.22. The second kappa shape index (κ2) is 11.3. The van der Waals surface area contributed by atoms with Crippen molar-refractivity contribution in [2.24, 2.45) is 0 Å². The zero-order chi connectivity index (χ0) is 27.3. The van der Waals surface area contributed by atoms with Crippen LogP contribution in [0.1, 0.15) is 5.56 Å². The molecule has 0 unspecified atom stereocenters. The number of hydrogen-bond donors (Lipinski definition) is 0. The number of anilines is 5. The van der Waals surface area contributed by atoms with Gasteiger partial charge in [-0.2, -0.15) is 0 Å². The standard InChI is InChI=1S/C36H30N4/c1-27-13-15-28(16-14-27)29-17-19-32(20-18-29)40(31-11-7-4-8-12-31)34-22-24-36(38-26-34)35-23-21-33(25-37-35)39(2)30-9-5-3-6-10-30/h3-26H,1-2H3. The number of aryl methyl sites for hydroxylation is 1. The average molecular weight is 519 g/mol. The molecule has 4 aromatic carbocycles. The van der Waals surface area contributed by atoms with E-state index < -0.39 is 0 Å². The van der Waals surface area contributed by atoms with Gasteiger partial charge in [0.25, 0.3) is 0 Å². The third kappa shape index (κ3) is 5.33. The molecule has 2 aromatic heterocycles. The summed E-state index contributed by atoms with van der Waals surface area (Å²) in [5, 5.41) is 0. The first-order valence-electron chi connectivity index (χ1n) is 13.4. The molecule has 6 aromatic rings. The number of pyridine rings is 2. The van der Waals surface area contributed by atoms with Crippen LogP contribution in [0.3, 0.4) is 0 Å². The molecule has 40 heavy (non-hydrogen) atoms. The monoisotopic (exact) mass is 518 g/mol. The largest absolute Gasteiger partial charge is 0.343 e. The Morgan fingerprint density at radius 3 is 1.40 bits per heavy atom. The van der Waals surface area contributed by atoms with Crippen molar-refractivity contribution in [2.75, 3.05) is 16.8 Å². The molecule has 0 aliphatic carbocycles. The van der Waals surface area contributed by atoms with Gasteiger partial charge in [-0.25, -0.2) is 0 Å². The predicted molar refractivity (Wildman–Crippen MR) is 167 cm³/mol. The predicted octanol–water partition coefficient (Wildman–Crippen LogP) is 9.36. The van der Waals surface area contributed by atoms with Crippen molar-refractivity contribution in [1.29, 1.82) is 0 Å². The van der Waals surface area contributed by atoms with Gasteiger partial charge in [0.2, 0.25) is 0 Å². The molecule has 4 nitrogen and oxygen atoms in total. The number of benzene rings is 4. The maximum atomic E-state index is 4.81. The topological polar surface area (TPSA) is 32.3 Å². The summed E-state index contributed by atoms with van der Waals surface area (Å²) < 4.78 is 0. The van der Waals surface area contributed by atoms with E-state index in [0.29, 0.717) is 0 Å². The fraction of sp³-hybridized carbons (Fsp3) is 0.0556. The Bertz CT molecular complexity index is 1660. The molecule has 0 saturated heterocycles. The fourth-order valence-electron chi connectivity index (χ4n) is 4.78. The van der Waals surface area contributed by atoms with E-state index in [0.717, 1.165) is 39.8 Å². The van der Waals surface area contributed by atoms with Crippen LogP contribution < -0.4 is 9.80 Å². The lowest BCUT2D eigenvalue weighted by atomic mass is 10.0. The van der Waals surface area contributed by atoms with E-state index in [9.17, 15) is 0 Å². The van der Waals surface area contributed by atoms with Crippen molar-refractivity contribution in [3.05, 3.63) is 151 Å². The quantitative estimate of drug-likeness (QED) is 0.211. The summed E-state index contributed by atoms with van der Waals surface area (Å²) in [6.45, 7) is 2.11. The molecule has 0 N–H and O–H groups in total. The first kappa shape index (κ1) is 25.1. The molecular formula is C36H30N4. The van der Waals surface area contributed by atoms with E-state index in [1.807, 2.05) is 55.8 Å². The minimum absolute atomic E-state index is 0.834. The van der Waals surface area contributed by atoms with Gasteiger partial charge in [0.05, 0.1) is 35.2 Å². The van der Waals surface area contributed by atoms with Gasteiger partial charge in [-0.15, -0.1) is 0 Å². The molecule has 0 atom stereocenters. The van der Waals surface area contributed by atoms with E-state index in [-0.39, 0.29) is 0 Å². The van der Waals surface area contributed by atoms with Crippen LogP contribution in [0.4, 0.5) is 28.4 Å². The number of para-hydroxylation sites is 2. The van der Waals surface area contributed by atoms with Gasteiger partial charge in [-0.05, 0) is 78.7 Å². The molecule has 0 aliphatic heterocycles. The Balaban J connectivity index is 1.27. The second-order valence-corrected chi connectivity index (χ2v) is 9.78. The molecule has 4 heteroatoms. The van der Waals surface area contributed by atoms with Gasteiger partial charge in [0.1, 0.15) is 0 Å². The summed E-state index contributed by atoms with van der Waals surface area (Å²) >= 11 is 0. The normalized spacial score (nSPS) is 10.8. The first-order valence-corrected chi connectivity index (χ1v) is 13.4. The zero-order valence-electron chi connectivity index (χ0n) is 22.6. The Morgan fingerprint density at radius 2 is 0.875 bits per heavy atom. The Morgan fingerprint density at radius 1 is 0.425 bits per heavy atom. The SMILES string of the molecule is Cc1ccc(-c2ccc(N(c3ccccc3)c3ccc(-c4ccc(N(C)c5ccccc5)cn4)nc3)cc2)cc1. The summed E-state index contributed by atoms with van der Waals surface area (Å²) in [5.74, 6) is 0. The van der Waals surface area contributed by atoms with Crippen LogP contribution in [0.2, 0.25) is 0 Å². The number of rotatable bonds is 7. The molecule has 0 fully saturated rings. The van der Waals surface area contributed by atoms with Crippen molar-refractivity contribution in [2.45, 2.75) is 6.92 Å². The fourth-order valence-corrected chi connectivity index (χ4v) is 4.78. The average Bonchev–Trinajstić information content (AvgIpc) is 3.03. The molecule has 0 amide bonds. The van der Waals surface area contributed by atoms with Crippen molar-refractivity contribution in [1.82, 2.24) is 9.97 Å². The van der Waals surface area contributed by atoms with Crippen LogP contribution in [0.5, 0.6) is 0 Å². The van der Waals surface area contributed by atoms with Crippen LogP contribution in [0.15, 0.2) is 146 Å². The molecule has 194 valence electrons. The van der Waals surface area contributed by atoms with Crippen molar-refractivity contribution >= 4 is 28.4 Å². The molecule has 2 heterocycles. The Labute approximate surface area is 235 Å². The van der Waals surface area contributed by atoms with Gasteiger partial charge >= 0.3 is 0 Å². The van der Waals surface area contributed by atoms with Crippen LogP contribution >= 0.6 is 0 Å². The van der Waals surface area contributed by atoms with Crippen LogP contribution in [-0.2, 0) is 0 Å². The van der Waals surface area contributed by atoms with Crippen molar-refractivity contribution < 1.29 is 0 Å². The molecule has 0 radical (unpaired) electrons. The van der Waals surface area contributed by atoms with Gasteiger partial charge in [-0.1, -0.05) is 78.4 Å². The lowest BCUT2D eigenvalue weighted by Gasteiger charge is -2.25. The van der Waals surface area contributed by atoms with Gasteiger partial charge < -0.3 is 9.80 Å². The van der Waals surface area contributed by atoms with E-state index in [1.165, 1.54) is 16.7 Å². The number of aromatic nitrogens is 2. The van der Waals surface area contributed by atoms with Gasteiger partial charge in [0.15, 0.2) is 0 Å². The maximum Gasteiger partial charge on any atom is 0.0887 e. The molecule has 0 bridgehead atoms. The molecular weight excluding hydrogens is 488 g/mol. The minimum atomic E-state index is 0.834. The number of nitrogens with zero attached hydrogens (tertiary/aromatic N) is 4. The lowest BCUT2D eigenvalue weighted by Crippen LogP contribution is -2.10. The lowest BCUT2D eigenvalue weighted by molar-refractivity contribution is 1.16. The smallest absolute Gasteiger partial charge is 0.0887 e. The molecule has 0 spiro atoms. The summed E-state index contributed by atoms with van der Waals surface area (Å²) in [6, 6.07) is 46.2. The summed E-state index contributed by atoms with van der Waals surface area (Å²) in [6.07, 6.45) is 3.81. The first-order chi connectivity index (χ1) is 19.7. The summed E-state index contributed by atoms with van der Waals surface area (Å²) in [4.78, 5) is 13.9. The number of hydrogen-bond acceptors (Lipinski definition) is 4. The van der Waals surface area contributed by atoms with Crippen LogP contribution in [0.25, 0.3) is 22.5 Å². The maximum absolute atomic E-state index is 4.81. The Kier molecular flexibility index (Phi) is 7.06. The van der Waals surface area contributed by atoms with Gasteiger partial charge in [-0.3, -0.25) is 9.97 Å². The van der Waals surface area contributed by atoms with Crippen molar-refractivity contribution in [3.63, 3.8) is 0 Å². The van der Waals surface area contributed by atoms with Gasteiger partial charge in [0, 0.05) is 24.1 Å².